The Morgan fingerprint density at radius 3 is 2.59 bits per heavy atom. The molecule has 1 aromatic rings. The fourth-order valence-corrected chi connectivity index (χ4v) is 2.09. The van der Waals surface area contributed by atoms with Gasteiger partial charge in [0.1, 0.15) is 0 Å². The fourth-order valence-electron chi connectivity index (χ4n) is 1.79. The van der Waals surface area contributed by atoms with E-state index in [2.05, 4.69) is 30.9 Å². The molecule has 0 saturated heterocycles. The number of hydrogen-bond donors (Lipinski definition) is 1. The molecule has 0 saturated carbocycles. The highest BCUT2D eigenvalue weighted by Gasteiger charge is 2.11. The molecule has 1 N–H and O–H groups in total. The second-order valence-corrected chi connectivity index (χ2v) is 5.14. The van der Waals surface area contributed by atoms with Crippen LogP contribution in [0.3, 0.4) is 0 Å². The molecule has 0 aliphatic carbocycles. The Balaban J connectivity index is 2.71. The Labute approximate surface area is 109 Å². The highest BCUT2D eigenvalue weighted by molar-refractivity contribution is 6.31. The number of benzene rings is 1. The number of nitrogens with zero attached hydrogens (tertiary/aromatic N) is 1. The lowest BCUT2D eigenvalue weighted by molar-refractivity contribution is 0.185. The third kappa shape index (κ3) is 4.66. The Hall–Kier alpha value is -0.570. The molecule has 0 unspecified atom stereocenters. The summed E-state index contributed by atoms with van der Waals surface area (Å²) < 4.78 is 0. The number of aliphatic hydroxyl groups is 1. The molecule has 0 aliphatic rings. The Kier molecular flexibility index (Phi) is 5.96. The number of aliphatic hydroxyl groups excluding tert-OH is 1. The van der Waals surface area contributed by atoms with Crippen molar-refractivity contribution in [2.24, 2.45) is 0 Å². The van der Waals surface area contributed by atoms with Gasteiger partial charge in [0.25, 0.3) is 0 Å². The zero-order chi connectivity index (χ0) is 12.8. The van der Waals surface area contributed by atoms with E-state index < -0.39 is 0 Å². The van der Waals surface area contributed by atoms with Crippen molar-refractivity contribution in [1.29, 1.82) is 0 Å². The second-order valence-electron chi connectivity index (χ2n) is 4.74. The van der Waals surface area contributed by atoms with Crippen LogP contribution in [0.15, 0.2) is 18.2 Å². The molecule has 17 heavy (non-hydrogen) atoms. The summed E-state index contributed by atoms with van der Waals surface area (Å²) in [5.74, 6) is 0. The van der Waals surface area contributed by atoms with Crippen LogP contribution in [0.25, 0.3) is 0 Å². The SMILES string of the molecule is Cc1ccc(CN(CCCO)C(C)C)c(Cl)c1. The highest BCUT2D eigenvalue weighted by atomic mass is 35.5. The van der Waals surface area contributed by atoms with E-state index in [-0.39, 0.29) is 6.61 Å². The van der Waals surface area contributed by atoms with Crippen molar-refractivity contribution in [2.75, 3.05) is 13.2 Å². The van der Waals surface area contributed by atoms with Crippen LogP contribution in [0.5, 0.6) is 0 Å². The maximum atomic E-state index is 8.90. The van der Waals surface area contributed by atoms with Crippen molar-refractivity contribution in [2.45, 2.75) is 39.8 Å². The Bertz CT molecular complexity index is 352. The minimum absolute atomic E-state index is 0.241. The van der Waals surface area contributed by atoms with Gasteiger partial charge in [0.15, 0.2) is 0 Å². The van der Waals surface area contributed by atoms with Crippen molar-refractivity contribution < 1.29 is 5.11 Å². The quantitative estimate of drug-likeness (QED) is 0.844. The summed E-state index contributed by atoms with van der Waals surface area (Å²) in [5, 5.41) is 9.73. The average molecular weight is 256 g/mol. The monoisotopic (exact) mass is 255 g/mol. The molecule has 0 fully saturated rings. The topological polar surface area (TPSA) is 23.5 Å². The van der Waals surface area contributed by atoms with E-state index in [1.54, 1.807) is 0 Å². The van der Waals surface area contributed by atoms with Crippen LogP contribution in [0.2, 0.25) is 5.02 Å². The molecule has 1 rings (SSSR count). The Morgan fingerprint density at radius 2 is 2.06 bits per heavy atom. The molecule has 2 nitrogen and oxygen atoms in total. The average Bonchev–Trinajstić information content (AvgIpc) is 2.26. The van der Waals surface area contributed by atoms with E-state index in [0.717, 1.165) is 30.1 Å². The lowest BCUT2D eigenvalue weighted by Crippen LogP contribution is -2.31. The smallest absolute Gasteiger partial charge is 0.0453 e. The molecule has 0 amide bonds. The van der Waals surface area contributed by atoms with Gasteiger partial charge in [0, 0.05) is 30.8 Å². The first-order valence-corrected chi connectivity index (χ1v) is 6.52. The van der Waals surface area contributed by atoms with E-state index in [0.29, 0.717) is 6.04 Å². The second kappa shape index (κ2) is 7.00. The van der Waals surface area contributed by atoms with E-state index in [4.69, 9.17) is 16.7 Å². The summed E-state index contributed by atoms with van der Waals surface area (Å²) >= 11 is 6.24. The summed E-state index contributed by atoms with van der Waals surface area (Å²) in [5.41, 5.74) is 2.34. The number of aryl methyl sites for hydroxylation is 1. The van der Waals surface area contributed by atoms with E-state index >= 15 is 0 Å². The van der Waals surface area contributed by atoms with Crippen LogP contribution < -0.4 is 0 Å². The van der Waals surface area contributed by atoms with Crippen molar-refractivity contribution in [3.63, 3.8) is 0 Å². The zero-order valence-electron chi connectivity index (χ0n) is 10.9. The van der Waals surface area contributed by atoms with Crippen molar-refractivity contribution >= 4 is 11.6 Å². The minimum Gasteiger partial charge on any atom is -0.396 e. The Morgan fingerprint density at radius 1 is 1.35 bits per heavy atom. The maximum absolute atomic E-state index is 8.90. The summed E-state index contributed by atoms with van der Waals surface area (Å²) in [6.07, 6.45) is 0.807. The van der Waals surface area contributed by atoms with Gasteiger partial charge in [-0.3, -0.25) is 4.90 Å². The van der Waals surface area contributed by atoms with Gasteiger partial charge in [-0.2, -0.15) is 0 Å². The van der Waals surface area contributed by atoms with E-state index in [1.807, 2.05) is 13.0 Å². The molecule has 0 spiro atoms. The summed E-state index contributed by atoms with van der Waals surface area (Å²) in [6.45, 7) is 8.36. The van der Waals surface area contributed by atoms with Gasteiger partial charge in [-0.05, 0) is 44.4 Å². The summed E-state index contributed by atoms with van der Waals surface area (Å²) in [6, 6.07) is 6.64. The van der Waals surface area contributed by atoms with Crippen LogP contribution in [0.1, 0.15) is 31.4 Å². The first-order chi connectivity index (χ1) is 8.04. The predicted octanol–water partition coefficient (Wildman–Crippen LogP) is 3.24. The maximum Gasteiger partial charge on any atom is 0.0453 e. The lowest BCUT2D eigenvalue weighted by Gasteiger charge is -2.26. The van der Waals surface area contributed by atoms with Gasteiger partial charge in [0.05, 0.1) is 0 Å². The van der Waals surface area contributed by atoms with Gasteiger partial charge in [-0.25, -0.2) is 0 Å². The van der Waals surface area contributed by atoms with Gasteiger partial charge >= 0.3 is 0 Å². The molecule has 3 heteroatoms. The van der Waals surface area contributed by atoms with E-state index in [1.165, 1.54) is 5.56 Å². The van der Waals surface area contributed by atoms with Crippen molar-refractivity contribution in [3.05, 3.63) is 34.3 Å². The molecule has 0 heterocycles. The highest BCUT2D eigenvalue weighted by Crippen LogP contribution is 2.20. The lowest BCUT2D eigenvalue weighted by atomic mass is 10.1. The summed E-state index contributed by atoms with van der Waals surface area (Å²) in [7, 11) is 0. The van der Waals surface area contributed by atoms with Crippen molar-refractivity contribution in [3.8, 4) is 0 Å². The zero-order valence-corrected chi connectivity index (χ0v) is 11.7. The van der Waals surface area contributed by atoms with Gasteiger partial charge in [-0.1, -0.05) is 23.7 Å². The molecule has 96 valence electrons. The molecule has 0 bridgehead atoms. The van der Waals surface area contributed by atoms with Crippen LogP contribution >= 0.6 is 11.6 Å². The standard InChI is InChI=1S/C14H22ClNO/c1-11(2)16(7-4-8-17)10-13-6-5-12(3)9-14(13)15/h5-6,9,11,17H,4,7-8,10H2,1-3H3. The fraction of sp³-hybridized carbons (Fsp3) is 0.571. The third-order valence-corrected chi connectivity index (χ3v) is 3.27. The van der Waals surface area contributed by atoms with Crippen LogP contribution in [0.4, 0.5) is 0 Å². The first kappa shape index (κ1) is 14.5. The molecule has 0 atom stereocenters. The molecular formula is C14H22ClNO. The normalized spacial score (nSPS) is 11.5. The van der Waals surface area contributed by atoms with E-state index in [9.17, 15) is 0 Å². The van der Waals surface area contributed by atoms with Crippen LogP contribution in [0, 0.1) is 6.92 Å². The van der Waals surface area contributed by atoms with Crippen LogP contribution in [-0.4, -0.2) is 29.2 Å². The summed E-state index contributed by atoms with van der Waals surface area (Å²) in [4.78, 5) is 2.33. The van der Waals surface area contributed by atoms with Crippen LogP contribution in [-0.2, 0) is 6.54 Å². The molecule has 0 aromatic heterocycles. The first-order valence-electron chi connectivity index (χ1n) is 6.14. The molecule has 0 aliphatic heterocycles. The number of hydrogen-bond acceptors (Lipinski definition) is 2. The third-order valence-electron chi connectivity index (χ3n) is 2.92. The largest absolute Gasteiger partial charge is 0.396 e. The minimum atomic E-state index is 0.241. The van der Waals surface area contributed by atoms with Gasteiger partial charge < -0.3 is 5.11 Å². The number of halogens is 1. The van der Waals surface area contributed by atoms with Gasteiger partial charge in [-0.15, -0.1) is 0 Å². The number of rotatable bonds is 6. The van der Waals surface area contributed by atoms with Crippen molar-refractivity contribution in [1.82, 2.24) is 4.90 Å². The van der Waals surface area contributed by atoms with Gasteiger partial charge in [0.2, 0.25) is 0 Å². The predicted molar refractivity (Wildman–Crippen MR) is 73.4 cm³/mol. The molecule has 0 radical (unpaired) electrons. The molecule has 1 aromatic carbocycles. The molecular weight excluding hydrogens is 234 g/mol.